The van der Waals surface area contributed by atoms with E-state index in [9.17, 15) is 23.1 Å². The molecule has 0 radical (unpaired) electrons. The summed E-state index contributed by atoms with van der Waals surface area (Å²) in [5.41, 5.74) is 1.24. The summed E-state index contributed by atoms with van der Waals surface area (Å²) in [5.74, 6) is -4.52. The number of rotatable bonds is 2. The van der Waals surface area contributed by atoms with Crippen molar-refractivity contribution in [2.75, 3.05) is 13.2 Å². The van der Waals surface area contributed by atoms with Gasteiger partial charge in [0.2, 0.25) is 0 Å². The standard InChI is InChI=1S/C17H14F3NO2/c18-13-8-15(20)14(19)7-12(13)17(23)21-6-5-10-3-1-2-4-11(10)16(21)9-22/h1-4,7-8,16,22H,5-6,9H2/t16-/m0/s1. The summed E-state index contributed by atoms with van der Waals surface area (Å²) in [4.78, 5) is 13.8. The third-order valence-electron chi connectivity index (χ3n) is 4.09. The Morgan fingerprint density at radius 2 is 1.83 bits per heavy atom. The zero-order chi connectivity index (χ0) is 16.6. The number of aliphatic hydroxyl groups excluding tert-OH is 1. The van der Waals surface area contributed by atoms with Gasteiger partial charge in [0, 0.05) is 12.6 Å². The lowest BCUT2D eigenvalue weighted by Crippen LogP contribution is -2.42. The van der Waals surface area contributed by atoms with E-state index in [0.717, 1.165) is 11.1 Å². The van der Waals surface area contributed by atoms with E-state index >= 15 is 0 Å². The van der Waals surface area contributed by atoms with Gasteiger partial charge < -0.3 is 10.0 Å². The first-order chi connectivity index (χ1) is 11.0. The molecule has 0 saturated carbocycles. The molecule has 2 aromatic rings. The van der Waals surface area contributed by atoms with Gasteiger partial charge in [-0.15, -0.1) is 0 Å². The zero-order valence-electron chi connectivity index (χ0n) is 12.1. The van der Waals surface area contributed by atoms with E-state index in [-0.39, 0.29) is 13.2 Å². The fourth-order valence-corrected chi connectivity index (χ4v) is 2.93. The van der Waals surface area contributed by atoms with Crippen molar-refractivity contribution < 1.29 is 23.1 Å². The third-order valence-corrected chi connectivity index (χ3v) is 4.09. The fraction of sp³-hybridized carbons (Fsp3) is 0.235. The maximum absolute atomic E-state index is 13.8. The van der Waals surface area contributed by atoms with E-state index in [2.05, 4.69) is 0 Å². The van der Waals surface area contributed by atoms with Crippen molar-refractivity contribution in [1.29, 1.82) is 0 Å². The molecular formula is C17H14F3NO2. The molecule has 1 heterocycles. The number of fused-ring (bicyclic) bond motifs is 1. The molecule has 0 fully saturated rings. The molecule has 0 saturated heterocycles. The average Bonchev–Trinajstić information content (AvgIpc) is 2.56. The fourth-order valence-electron chi connectivity index (χ4n) is 2.93. The van der Waals surface area contributed by atoms with Crippen LogP contribution in [0.3, 0.4) is 0 Å². The number of carbonyl (C=O) groups is 1. The summed E-state index contributed by atoms with van der Waals surface area (Å²) in [6.45, 7) is -0.0758. The first kappa shape index (κ1) is 15.6. The first-order valence-corrected chi connectivity index (χ1v) is 7.17. The molecule has 1 aliphatic rings. The average molecular weight is 321 g/mol. The Morgan fingerprint density at radius 1 is 1.13 bits per heavy atom. The van der Waals surface area contributed by atoms with Crippen LogP contribution in [0, 0.1) is 17.5 Å². The van der Waals surface area contributed by atoms with Crippen LogP contribution < -0.4 is 0 Å². The maximum Gasteiger partial charge on any atom is 0.257 e. The van der Waals surface area contributed by atoms with E-state index in [1.54, 1.807) is 12.1 Å². The third kappa shape index (κ3) is 2.70. The number of nitrogens with zero attached hydrogens (tertiary/aromatic N) is 1. The van der Waals surface area contributed by atoms with Crippen molar-refractivity contribution in [3.8, 4) is 0 Å². The minimum Gasteiger partial charge on any atom is -0.394 e. The van der Waals surface area contributed by atoms with Crippen LogP contribution in [-0.4, -0.2) is 29.1 Å². The Balaban J connectivity index is 1.99. The van der Waals surface area contributed by atoms with Crippen molar-refractivity contribution in [3.05, 3.63) is 70.5 Å². The molecular weight excluding hydrogens is 307 g/mol. The maximum atomic E-state index is 13.8. The minimum atomic E-state index is -1.35. The molecule has 1 N–H and O–H groups in total. The summed E-state index contributed by atoms with van der Waals surface area (Å²) < 4.78 is 40.2. The number of aliphatic hydroxyl groups is 1. The van der Waals surface area contributed by atoms with E-state index in [1.807, 2.05) is 12.1 Å². The van der Waals surface area contributed by atoms with Gasteiger partial charge in [-0.25, -0.2) is 13.2 Å². The molecule has 3 nitrogen and oxygen atoms in total. The second kappa shape index (κ2) is 6.04. The van der Waals surface area contributed by atoms with Crippen molar-refractivity contribution >= 4 is 5.91 Å². The van der Waals surface area contributed by atoms with E-state index < -0.39 is 35.0 Å². The summed E-state index contributed by atoms with van der Waals surface area (Å²) in [6, 6.07) is 7.61. The molecule has 120 valence electrons. The van der Waals surface area contributed by atoms with Crippen LogP contribution in [0.25, 0.3) is 0 Å². The van der Waals surface area contributed by atoms with Gasteiger partial charge in [-0.1, -0.05) is 24.3 Å². The quantitative estimate of drug-likeness (QED) is 0.864. The Hall–Kier alpha value is -2.34. The van der Waals surface area contributed by atoms with Crippen molar-refractivity contribution in [2.45, 2.75) is 12.5 Å². The molecule has 0 spiro atoms. The van der Waals surface area contributed by atoms with Crippen LogP contribution in [0.4, 0.5) is 13.2 Å². The number of hydrogen-bond donors (Lipinski definition) is 1. The second-order valence-electron chi connectivity index (χ2n) is 5.39. The highest BCUT2D eigenvalue weighted by molar-refractivity contribution is 5.95. The summed E-state index contributed by atoms with van der Waals surface area (Å²) in [5, 5.41) is 9.65. The second-order valence-corrected chi connectivity index (χ2v) is 5.39. The Morgan fingerprint density at radius 3 is 2.57 bits per heavy atom. The summed E-state index contributed by atoms with van der Waals surface area (Å²) in [6.07, 6.45) is 0.545. The molecule has 0 aromatic heterocycles. The highest BCUT2D eigenvalue weighted by Gasteiger charge is 2.32. The normalized spacial score (nSPS) is 17.0. The molecule has 1 atom stereocenters. The largest absolute Gasteiger partial charge is 0.394 e. The van der Waals surface area contributed by atoms with E-state index in [1.165, 1.54) is 4.90 Å². The van der Waals surface area contributed by atoms with Crippen LogP contribution in [-0.2, 0) is 6.42 Å². The molecule has 0 bridgehead atoms. The molecule has 3 rings (SSSR count). The number of hydrogen-bond acceptors (Lipinski definition) is 2. The van der Waals surface area contributed by atoms with Gasteiger partial charge in [-0.05, 0) is 23.6 Å². The molecule has 23 heavy (non-hydrogen) atoms. The SMILES string of the molecule is O=C(c1cc(F)c(F)cc1F)N1CCc2ccccc2[C@@H]1CO. The first-order valence-electron chi connectivity index (χ1n) is 7.17. The number of carbonyl (C=O) groups excluding carboxylic acids is 1. The summed E-state index contributed by atoms with van der Waals surface area (Å²) >= 11 is 0. The lowest BCUT2D eigenvalue weighted by atomic mass is 9.92. The number of amides is 1. The summed E-state index contributed by atoms with van der Waals surface area (Å²) in [7, 11) is 0. The zero-order valence-corrected chi connectivity index (χ0v) is 12.1. The predicted molar refractivity (Wildman–Crippen MR) is 77.3 cm³/mol. The minimum absolute atomic E-state index is 0.263. The van der Waals surface area contributed by atoms with E-state index in [4.69, 9.17) is 0 Å². The van der Waals surface area contributed by atoms with Crippen molar-refractivity contribution in [3.63, 3.8) is 0 Å². The molecule has 0 unspecified atom stereocenters. The van der Waals surface area contributed by atoms with Crippen LogP contribution >= 0.6 is 0 Å². The van der Waals surface area contributed by atoms with Gasteiger partial charge in [0.25, 0.3) is 5.91 Å². The predicted octanol–water partition coefficient (Wildman–Crippen LogP) is 2.84. The Kier molecular flexibility index (Phi) is 4.09. The Labute approximate surface area is 131 Å². The molecule has 0 aliphatic carbocycles. The van der Waals surface area contributed by atoms with Crippen molar-refractivity contribution in [1.82, 2.24) is 4.90 Å². The topological polar surface area (TPSA) is 40.5 Å². The monoisotopic (exact) mass is 321 g/mol. The molecule has 2 aromatic carbocycles. The van der Waals surface area contributed by atoms with Gasteiger partial charge in [-0.3, -0.25) is 4.79 Å². The molecule has 1 amide bonds. The number of halogens is 3. The highest BCUT2D eigenvalue weighted by atomic mass is 19.2. The van der Waals surface area contributed by atoms with Crippen LogP contribution in [0.1, 0.15) is 27.5 Å². The van der Waals surface area contributed by atoms with Crippen molar-refractivity contribution in [2.24, 2.45) is 0 Å². The number of benzene rings is 2. The van der Waals surface area contributed by atoms with Gasteiger partial charge in [0.05, 0.1) is 18.2 Å². The van der Waals surface area contributed by atoms with Crippen LogP contribution in [0.5, 0.6) is 0 Å². The Bertz CT molecular complexity index is 763. The molecule has 6 heteroatoms. The van der Waals surface area contributed by atoms with Gasteiger partial charge in [-0.2, -0.15) is 0 Å². The van der Waals surface area contributed by atoms with Gasteiger partial charge in [0.15, 0.2) is 11.6 Å². The smallest absolute Gasteiger partial charge is 0.257 e. The lowest BCUT2D eigenvalue weighted by molar-refractivity contribution is 0.0563. The van der Waals surface area contributed by atoms with Gasteiger partial charge in [0.1, 0.15) is 5.82 Å². The highest BCUT2D eigenvalue weighted by Crippen LogP contribution is 2.31. The lowest BCUT2D eigenvalue weighted by Gasteiger charge is -2.36. The van der Waals surface area contributed by atoms with Crippen LogP contribution in [0.2, 0.25) is 0 Å². The van der Waals surface area contributed by atoms with Gasteiger partial charge >= 0.3 is 0 Å². The molecule has 1 aliphatic heterocycles. The van der Waals surface area contributed by atoms with E-state index in [0.29, 0.717) is 18.6 Å². The van der Waals surface area contributed by atoms with Crippen LogP contribution in [0.15, 0.2) is 36.4 Å².